The second-order valence-electron chi connectivity index (χ2n) is 4.57. The van der Waals surface area contributed by atoms with Crippen LogP contribution in [0.3, 0.4) is 0 Å². The molecular formula is C9H10BrN3O2. The summed E-state index contributed by atoms with van der Waals surface area (Å²) >= 11 is 3.36. The lowest BCUT2D eigenvalue weighted by Gasteiger charge is -2.69. The highest BCUT2D eigenvalue weighted by molar-refractivity contribution is 9.10. The third-order valence-electron chi connectivity index (χ3n) is 3.41. The first-order valence-corrected chi connectivity index (χ1v) is 5.55. The number of halogens is 1. The normalized spacial score (nSPS) is 36.6. The minimum Gasteiger partial charge on any atom is -0.465 e. The van der Waals surface area contributed by atoms with E-state index in [-0.39, 0.29) is 11.1 Å². The van der Waals surface area contributed by atoms with E-state index in [0.29, 0.717) is 0 Å². The Morgan fingerprint density at radius 3 is 2.73 bits per heavy atom. The Bertz CT molecular complexity index is 423. The Hall–Kier alpha value is -1.04. The Balaban J connectivity index is 1.73. The SMILES string of the molecule is O=C(O)NC12CC(n3cc(Br)cn3)(C1)C2. The third-order valence-corrected chi connectivity index (χ3v) is 3.82. The smallest absolute Gasteiger partial charge is 0.405 e. The molecule has 0 aliphatic heterocycles. The van der Waals surface area contributed by atoms with Crippen LogP contribution in [0.15, 0.2) is 16.9 Å². The number of carboxylic acid groups (broad SMARTS) is 1. The Morgan fingerprint density at radius 2 is 2.27 bits per heavy atom. The van der Waals surface area contributed by atoms with Crippen LogP contribution in [-0.2, 0) is 5.54 Å². The van der Waals surface area contributed by atoms with Crippen molar-refractivity contribution in [2.45, 2.75) is 30.3 Å². The number of nitrogens with zero attached hydrogens (tertiary/aromatic N) is 2. The number of amides is 1. The lowest BCUT2D eigenvalue weighted by Crippen LogP contribution is -2.78. The maximum atomic E-state index is 10.5. The fourth-order valence-electron chi connectivity index (χ4n) is 2.90. The zero-order chi connectivity index (χ0) is 10.7. The average molecular weight is 272 g/mol. The van der Waals surface area contributed by atoms with Crippen LogP contribution >= 0.6 is 15.9 Å². The first-order chi connectivity index (χ1) is 7.04. The summed E-state index contributed by atoms with van der Waals surface area (Å²) in [7, 11) is 0. The minimum absolute atomic E-state index is 0.0778. The van der Waals surface area contributed by atoms with Gasteiger partial charge in [0, 0.05) is 6.20 Å². The highest BCUT2D eigenvalue weighted by Crippen LogP contribution is 2.64. The molecule has 4 rings (SSSR count). The molecule has 0 aromatic carbocycles. The van der Waals surface area contributed by atoms with Gasteiger partial charge < -0.3 is 10.4 Å². The molecule has 1 heterocycles. The van der Waals surface area contributed by atoms with Crippen molar-refractivity contribution in [3.05, 3.63) is 16.9 Å². The fraction of sp³-hybridized carbons (Fsp3) is 0.556. The first kappa shape index (κ1) is 9.21. The van der Waals surface area contributed by atoms with E-state index in [1.807, 2.05) is 10.9 Å². The average Bonchev–Trinajstić information content (AvgIpc) is 2.40. The lowest BCUT2D eigenvalue weighted by molar-refractivity contribution is -0.140. The second kappa shape index (κ2) is 2.55. The molecule has 15 heavy (non-hydrogen) atoms. The van der Waals surface area contributed by atoms with Crippen LogP contribution in [0.4, 0.5) is 4.79 Å². The fourth-order valence-corrected chi connectivity index (χ4v) is 3.18. The van der Waals surface area contributed by atoms with Gasteiger partial charge in [-0.3, -0.25) is 4.68 Å². The van der Waals surface area contributed by atoms with Gasteiger partial charge in [-0.2, -0.15) is 5.10 Å². The van der Waals surface area contributed by atoms with E-state index in [9.17, 15) is 4.79 Å². The quantitative estimate of drug-likeness (QED) is 0.858. The van der Waals surface area contributed by atoms with Crippen molar-refractivity contribution < 1.29 is 9.90 Å². The number of hydrogen-bond acceptors (Lipinski definition) is 2. The molecule has 1 aromatic heterocycles. The van der Waals surface area contributed by atoms with E-state index < -0.39 is 6.09 Å². The summed E-state index contributed by atoms with van der Waals surface area (Å²) in [4.78, 5) is 10.5. The van der Waals surface area contributed by atoms with E-state index in [1.165, 1.54) is 0 Å². The molecule has 0 radical (unpaired) electrons. The van der Waals surface area contributed by atoms with Gasteiger partial charge in [-0.05, 0) is 35.2 Å². The van der Waals surface area contributed by atoms with Crippen LogP contribution in [0.25, 0.3) is 0 Å². The molecule has 3 aliphatic carbocycles. The molecule has 2 N–H and O–H groups in total. The monoisotopic (exact) mass is 271 g/mol. The van der Waals surface area contributed by atoms with Crippen LogP contribution in [-0.4, -0.2) is 26.5 Å². The van der Waals surface area contributed by atoms with Crippen molar-refractivity contribution in [2.24, 2.45) is 0 Å². The lowest BCUT2D eigenvalue weighted by atomic mass is 9.44. The van der Waals surface area contributed by atoms with E-state index in [0.717, 1.165) is 23.7 Å². The molecule has 0 spiro atoms. The molecule has 80 valence electrons. The van der Waals surface area contributed by atoms with Crippen molar-refractivity contribution in [2.75, 3.05) is 0 Å². The largest absolute Gasteiger partial charge is 0.465 e. The summed E-state index contributed by atoms with van der Waals surface area (Å²) in [6.45, 7) is 0. The topological polar surface area (TPSA) is 67.2 Å². The predicted octanol–water partition coefficient (Wildman–Crippen LogP) is 1.54. The van der Waals surface area contributed by atoms with Crippen LogP contribution in [0, 0.1) is 0 Å². The highest BCUT2D eigenvalue weighted by Gasteiger charge is 2.70. The zero-order valence-electron chi connectivity index (χ0n) is 7.90. The molecule has 3 aliphatic rings. The molecule has 3 fully saturated rings. The summed E-state index contributed by atoms with van der Waals surface area (Å²) in [6.07, 6.45) is 5.37. The van der Waals surface area contributed by atoms with Crippen LogP contribution in [0.5, 0.6) is 0 Å². The summed E-state index contributed by atoms with van der Waals surface area (Å²) in [5.41, 5.74) is -0.0846. The van der Waals surface area contributed by atoms with Crippen molar-refractivity contribution in [1.29, 1.82) is 0 Å². The highest BCUT2D eigenvalue weighted by atomic mass is 79.9. The molecule has 0 atom stereocenters. The summed E-state index contributed by atoms with van der Waals surface area (Å²) < 4.78 is 2.91. The Labute approximate surface area is 94.6 Å². The molecule has 0 unspecified atom stereocenters. The summed E-state index contributed by atoms with van der Waals surface area (Å²) in [5, 5.41) is 15.5. The molecule has 5 nitrogen and oxygen atoms in total. The number of hydrogen-bond donors (Lipinski definition) is 2. The van der Waals surface area contributed by atoms with Gasteiger partial charge in [-0.1, -0.05) is 0 Å². The van der Waals surface area contributed by atoms with Gasteiger partial charge in [-0.25, -0.2) is 4.79 Å². The van der Waals surface area contributed by atoms with Crippen LogP contribution < -0.4 is 5.32 Å². The van der Waals surface area contributed by atoms with Crippen molar-refractivity contribution in [1.82, 2.24) is 15.1 Å². The Morgan fingerprint density at radius 1 is 1.60 bits per heavy atom. The summed E-state index contributed by atoms with van der Waals surface area (Å²) in [5.74, 6) is 0. The molecule has 2 bridgehead atoms. The minimum atomic E-state index is -0.926. The Kier molecular flexibility index (Phi) is 1.57. The van der Waals surface area contributed by atoms with Gasteiger partial charge in [0.05, 0.1) is 21.7 Å². The van der Waals surface area contributed by atoms with Gasteiger partial charge >= 0.3 is 6.09 Å². The summed E-state index contributed by atoms with van der Waals surface area (Å²) in [6, 6.07) is 0. The second-order valence-corrected chi connectivity index (χ2v) is 5.48. The van der Waals surface area contributed by atoms with Crippen LogP contribution in [0.1, 0.15) is 19.3 Å². The number of rotatable bonds is 2. The molecule has 6 heteroatoms. The van der Waals surface area contributed by atoms with Crippen LogP contribution in [0.2, 0.25) is 0 Å². The molecule has 1 amide bonds. The number of aromatic nitrogens is 2. The van der Waals surface area contributed by atoms with Gasteiger partial charge in [0.2, 0.25) is 0 Å². The van der Waals surface area contributed by atoms with E-state index >= 15 is 0 Å². The van der Waals surface area contributed by atoms with Gasteiger partial charge in [0.15, 0.2) is 0 Å². The number of carbonyl (C=O) groups is 1. The van der Waals surface area contributed by atoms with Gasteiger partial charge in [0.25, 0.3) is 0 Å². The van der Waals surface area contributed by atoms with Crippen molar-refractivity contribution >= 4 is 22.0 Å². The van der Waals surface area contributed by atoms with E-state index in [1.54, 1.807) is 6.20 Å². The predicted molar refractivity (Wildman–Crippen MR) is 55.6 cm³/mol. The third kappa shape index (κ3) is 1.14. The van der Waals surface area contributed by atoms with Gasteiger partial charge in [0.1, 0.15) is 0 Å². The van der Waals surface area contributed by atoms with Crippen molar-refractivity contribution in [3.8, 4) is 0 Å². The number of nitrogens with one attached hydrogen (secondary N) is 1. The van der Waals surface area contributed by atoms with Gasteiger partial charge in [-0.15, -0.1) is 0 Å². The molecule has 3 saturated carbocycles. The zero-order valence-corrected chi connectivity index (χ0v) is 9.49. The van der Waals surface area contributed by atoms with E-state index in [2.05, 4.69) is 26.3 Å². The molecule has 1 aromatic rings. The van der Waals surface area contributed by atoms with Crippen molar-refractivity contribution in [3.63, 3.8) is 0 Å². The standard InChI is InChI=1S/C9H10BrN3O2/c10-6-1-11-13(2-6)9-3-8(4-9,5-9)12-7(14)15/h1-2,12H,3-5H2,(H,14,15). The maximum absolute atomic E-state index is 10.5. The van der Waals surface area contributed by atoms with E-state index in [4.69, 9.17) is 5.11 Å². The first-order valence-electron chi connectivity index (χ1n) is 4.76. The maximum Gasteiger partial charge on any atom is 0.405 e. The molecular weight excluding hydrogens is 262 g/mol. The molecule has 0 saturated heterocycles.